The minimum atomic E-state index is -4.39. The van der Waals surface area contributed by atoms with Crippen molar-refractivity contribution in [3.05, 3.63) is 71.4 Å². The highest BCUT2D eigenvalue weighted by Crippen LogP contribution is 2.35. The largest absolute Gasteiger partial charge is 0.497 e. The SMILES string of the molecule is COc1ccc2nccc([C@@H](O)CC[C@@H]3CCN(CCCc4ccccc4C(F)(F)F)C[C@@H]3C(=O)O)c2c1. The number of aromatic nitrogens is 1. The first-order valence-electron chi connectivity index (χ1n) is 12.9. The zero-order valence-electron chi connectivity index (χ0n) is 21.3. The van der Waals surface area contributed by atoms with Gasteiger partial charge in [0.05, 0.1) is 30.2 Å². The molecule has 0 aliphatic carbocycles. The number of pyridine rings is 1. The predicted molar refractivity (Wildman–Crippen MR) is 138 cm³/mol. The molecule has 2 aromatic carbocycles. The van der Waals surface area contributed by atoms with Gasteiger partial charge in [-0.2, -0.15) is 13.2 Å². The molecular formula is C29H33F3N2O4. The number of methoxy groups -OCH3 is 1. The van der Waals surface area contributed by atoms with Gasteiger partial charge in [-0.3, -0.25) is 9.78 Å². The Morgan fingerprint density at radius 2 is 2.00 bits per heavy atom. The predicted octanol–water partition coefficient (Wildman–Crippen LogP) is 5.73. The molecule has 3 atom stereocenters. The molecule has 1 saturated heterocycles. The normalized spacial score (nSPS) is 19.4. The third-order valence-corrected chi connectivity index (χ3v) is 7.55. The molecule has 2 N–H and O–H groups in total. The number of halogens is 3. The lowest BCUT2D eigenvalue weighted by Crippen LogP contribution is -2.44. The van der Waals surface area contributed by atoms with Gasteiger partial charge in [-0.15, -0.1) is 0 Å². The fourth-order valence-electron chi connectivity index (χ4n) is 5.50. The van der Waals surface area contributed by atoms with Crippen LogP contribution in [0.15, 0.2) is 54.7 Å². The summed E-state index contributed by atoms with van der Waals surface area (Å²) in [6.45, 7) is 1.57. The van der Waals surface area contributed by atoms with Crippen LogP contribution in [0, 0.1) is 11.8 Å². The van der Waals surface area contributed by atoms with Crippen molar-refractivity contribution >= 4 is 16.9 Å². The van der Waals surface area contributed by atoms with Gasteiger partial charge in [-0.25, -0.2) is 0 Å². The van der Waals surface area contributed by atoms with Crippen molar-refractivity contribution in [3.63, 3.8) is 0 Å². The highest BCUT2D eigenvalue weighted by molar-refractivity contribution is 5.83. The smallest absolute Gasteiger partial charge is 0.416 e. The second-order valence-electron chi connectivity index (χ2n) is 9.93. The number of aliphatic hydroxyl groups excluding tert-OH is 1. The van der Waals surface area contributed by atoms with Crippen LogP contribution in [0.4, 0.5) is 13.2 Å². The first-order valence-corrected chi connectivity index (χ1v) is 12.9. The highest BCUT2D eigenvalue weighted by atomic mass is 19.4. The maximum atomic E-state index is 13.3. The van der Waals surface area contributed by atoms with Gasteiger partial charge in [0, 0.05) is 18.1 Å². The number of hydrogen-bond donors (Lipinski definition) is 2. The number of carboxylic acid groups (broad SMARTS) is 1. The number of piperidine rings is 1. The Kier molecular flexibility index (Phi) is 8.89. The second-order valence-corrected chi connectivity index (χ2v) is 9.93. The molecule has 0 unspecified atom stereocenters. The van der Waals surface area contributed by atoms with Crippen LogP contribution in [0.1, 0.15) is 48.5 Å². The van der Waals surface area contributed by atoms with E-state index in [9.17, 15) is 28.2 Å². The topological polar surface area (TPSA) is 82.9 Å². The van der Waals surface area contributed by atoms with E-state index in [1.807, 2.05) is 23.1 Å². The minimum absolute atomic E-state index is 0.0907. The van der Waals surface area contributed by atoms with E-state index in [4.69, 9.17) is 4.74 Å². The fourth-order valence-corrected chi connectivity index (χ4v) is 5.50. The van der Waals surface area contributed by atoms with Crippen LogP contribution in [-0.2, 0) is 17.4 Å². The summed E-state index contributed by atoms with van der Waals surface area (Å²) in [6, 6.07) is 12.9. The molecule has 0 amide bonds. The molecule has 1 aliphatic rings. The van der Waals surface area contributed by atoms with Crippen LogP contribution in [0.5, 0.6) is 5.75 Å². The molecule has 0 bridgehead atoms. The van der Waals surface area contributed by atoms with E-state index < -0.39 is 29.7 Å². The summed E-state index contributed by atoms with van der Waals surface area (Å²) in [4.78, 5) is 18.5. The summed E-state index contributed by atoms with van der Waals surface area (Å²) in [5, 5.41) is 21.7. The summed E-state index contributed by atoms with van der Waals surface area (Å²) in [6.07, 6.45) is -1.08. The number of likely N-dealkylation sites (tertiary alicyclic amines) is 1. The molecular weight excluding hydrogens is 497 g/mol. The van der Waals surface area contributed by atoms with E-state index in [1.165, 1.54) is 12.1 Å². The number of carboxylic acids is 1. The van der Waals surface area contributed by atoms with Crippen LogP contribution >= 0.6 is 0 Å². The number of ether oxygens (including phenoxy) is 1. The zero-order valence-corrected chi connectivity index (χ0v) is 21.3. The molecule has 1 fully saturated rings. The monoisotopic (exact) mass is 530 g/mol. The zero-order chi connectivity index (χ0) is 27.3. The Balaban J connectivity index is 1.34. The quantitative estimate of drug-likeness (QED) is 0.348. The van der Waals surface area contributed by atoms with Crippen molar-refractivity contribution in [1.29, 1.82) is 0 Å². The minimum Gasteiger partial charge on any atom is -0.497 e. The van der Waals surface area contributed by atoms with Crippen LogP contribution in [0.3, 0.4) is 0 Å². The average Bonchev–Trinajstić information content (AvgIpc) is 2.91. The molecule has 9 heteroatoms. The van der Waals surface area contributed by atoms with Crippen molar-refractivity contribution in [3.8, 4) is 5.75 Å². The molecule has 1 aromatic heterocycles. The molecule has 0 spiro atoms. The maximum absolute atomic E-state index is 13.3. The molecule has 4 rings (SSSR count). The van der Waals surface area contributed by atoms with E-state index in [2.05, 4.69) is 4.98 Å². The van der Waals surface area contributed by atoms with Crippen LogP contribution in [-0.4, -0.2) is 52.8 Å². The van der Waals surface area contributed by atoms with Gasteiger partial charge in [-0.1, -0.05) is 18.2 Å². The van der Waals surface area contributed by atoms with Crippen molar-refractivity contribution in [2.45, 2.75) is 44.4 Å². The van der Waals surface area contributed by atoms with Gasteiger partial charge < -0.3 is 19.8 Å². The van der Waals surface area contributed by atoms with Crippen LogP contribution < -0.4 is 4.74 Å². The molecule has 2 heterocycles. The van der Waals surface area contributed by atoms with Gasteiger partial charge in [0.1, 0.15) is 5.75 Å². The summed E-state index contributed by atoms with van der Waals surface area (Å²) in [7, 11) is 1.58. The summed E-state index contributed by atoms with van der Waals surface area (Å²) < 4.78 is 45.1. The standard InChI is InChI=1S/C29H33F3N2O4/c1-38-21-9-10-26-23(17-21)22(12-14-33-26)27(35)11-8-19-13-16-34(18-24(19)28(36)37)15-4-6-20-5-2-3-7-25(20)29(30,31)32/h2-3,5,7,9-10,12,14,17,19,24,27,35H,4,6,8,11,13,15-16,18H2,1H3,(H,36,37)/t19-,24+,27+/m1/s1. The van der Waals surface area contributed by atoms with Crippen molar-refractivity contribution in [1.82, 2.24) is 9.88 Å². The van der Waals surface area contributed by atoms with Crippen molar-refractivity contribution in [2.24, 2.45) is 11.8 Å². The van der Waals surface area contributed by atoms with Gasteiger partial charge >= 0.3 is 12.1 Å². The maximum Gasteiger partial charge on any atom is 0.416 e. The highest BCUT2D eigenvalue weighted by Gasteiger charge is 2.35. The van der Waals surface area contributed by atoms with Crippen molar-refractivity contribution < 1.29 is 32.9 Å². The summed E-state index contributed by atoms with van der Waals surface area (Å²) in [5.41, 5.74) is 1.13. The third kappa shape index (κ3) is 6.63. The number of fused-ring (bicyclic) bond motifs is 1. The number of alkyl halides is 3. The Morgan fingerprint density at radius 1 is 1.21 bits per heavy atom. The lowest BCUT2D eigenvalue weighted by Gasteiger charge is -2.37. The first kappa shape index (κ1) is 27.9. The molecule has 1 aliphatic heterocycles. The van der Waals surface area contributed by atoms with Gasteiger partial charge in [0.15, 0.2) is 0 Å². The van der Waals surface area contributed by atoms with E-state index >= 15 is 0 Å². The molecule has 38 heavy (non-hydrogen) atoms. The lowest BCUT2D eigenvalue weighted by molar-refractivity contribution is -0.146. The van der Waals surface area contributed by atoms with Crippen LogP contribution in [0.2, 0.25) is 0 Å². The molecule has 204 valence electrons. The number of aliphatic hydroxyl groups is 1. The molecule has 3 aromatic rings. The van der Waals surface area contributed by atoms with Crippen molar-refractivity contribution in [2.75, 3.05) is 26.7 Å². The Labute approximate surface area is 220 Å². The summed E-state index contributed by atoms with van der Waals surface area (Å²) >= 11 is 0. The first-order chi connectivity index (χ1) is 18.2. The number of nitrogens with zero attached hydrogens (tertiary/aromatic N) is 2. The fraction of sp³-hybridized carbons (Fsp3) is 0.448. The molecule has 6 nitrogen and oxygen atoms in total. The van der Waals surface area contributed by atoms with E-state index in [1.54, 1.807) is 25.4 Å². The third-order valence-electron chi connectivity index (χ3n) is 7.55. The summed E-state index contributed by atoms with van der Waals surface area (Å²) in [5.74, 6) is -0.894. The molecule has 0 saturated carbocycles. The molecule has 0 radical (unpaired) electrons. The van der Waals surface area contributed by atoms with Gasteiger partial charge in [-0.05, 0) is 92.6 Å². The number of benzene rings is 2. The van der Waals surface area contributed by atoms with E-state index in [-0.39, 0.29) is 17.9 Å². The number of rotatable bonds is 10. The Bertz CT molecular complexity index is 1250. The number of aryl methyl sites for hydroxylation is 1. The Hall–Kier alpha value is -3.17. The second kappa shape index (κ2) is 12.1. The number of carbonyl (C=O) groups is 1. The number of aliphatic carboxylic acids is 1. The van der Waals surface area contributed by atoms with E-state index in [0.29, 0.717) is 51.1 Å². The average molecular weight is 531 g/mol. The lowest BCUT2D eigenvalue weighted by atomic mass is 9.81. The van der Waals surface area contributed by atoms with Crippen LogP contribution in [0.25, 0.3) is 10.9 Å². The van der Waals surface area contributed by atoms with Gasteiger partial charge in [0.25, 0.3) is 0 Å². The van der Waals surface area contributed by atoms with E-state index in [0.717, 1.165) is 22.5 Å². The van der Waals surface area contributed by atoms with Gasteiger partial charge in [0.2, 0.25) is 0 Å². The Morgan fingerprint density at radius 3 is 2.74 bits per heavy atom. The number of hydrogen-bond acceptors (Lipinski definition) is 5.